The molecule has 4 atom stereocenters. The minimum Gasteiger partial charge on any atom is -0.481 e. The van der Waals surface area contributed by atoms with Crippen LogP contribution in [-0.2, 0) is 9.59 Å². The summed E-state index contributed by atoms with van der Waals surface area (Å²) in [7, 11) is 0. The molecule has 5 heteroatoms. The number of aliphatic carboxylic acids is 1. The number of aliphatic hydroxyl groups excluding tert-OH is 2. The molecule has 0 bridgehead atoms. The van der Waals surface area contributed by atoms with Gasteiger partial charge in [-0.3, -0.25) is 9.59 Å². The zero-order valence-electron chi connectivity index (χ0n) is 13.7. The van der Waals surface area contributed by atoms with E-state index in [1.54, 1.807) is 12.2 Å². The van der Waals surface area contributed by atoms with Gasteiger partial charge in [0.25, 0.3) is 0 Å². The number of carboxylic acid groups (broad SMARTS) is 1. The molecule has 0 aromatic carbocycles. The van der Waals surface area contributed by atoms with Crippen LogP contribution in [0.1, 0.15) is 51.9 Å². The Labute approximate surface area is 137 Å². The van der Waals surface area contributed by atoms with E-state index in [9.17, 15) is 19.8 Å². The summed E-state index contributed by atoms with van der Waals surface area (Å²) in [4.78, 5) is 22.2. The predicted octanol–water partition coefficient (Wildman–Crippen LogP) is 2.47. The second-order valence-electron chi connectivity index (χ2n) is 6.13. The molecule has 1 saturated carbocycles. The summed E-state index contributed by atoms with van der Waals surface area (Å²) in [5, 5.41) is 28.2. The maximum Gasteiger partial charge on any atom is 0.303 e. The van der Waals surface area contributed by atoms with Crippen LogP contribution >= 0.6 is 0 Å². The Balaban J connectivity index is 2.28. The summed E-state index contributed by atoms with van der Waals surface area (Å²) >= 11 is 0. The fraction of sp³-hybridized carbons (Fsp3) is 0.667. The zero-order valence-corrected chi connectivity index (χ0v) is 13.7. The third kappa shape index (κ3) is 7.10. The van der Waals surface area contributed by atoms with Crippen LogP contribution < -0.4 is 0 Å². The van der Waals surface area contributed by atoms with Crippen LogP contribution in [0.3, 0.4) is 0 Å². The molecule has 3 N–H and O–H groups in total. The van der Waals surface area contributed by atoms with Crippen molar-refractivity contribution >= 4 is 11.8 Å². The number of carbonyl (C=O) groups excluding carboxylic acids is 1. The van der Waals surface area contributed by atoms with Gasteiger partial charge in [0.05, 0.1) is 12.2 Å². The summed E-state index contributed by atoms with van der Waals surface area (Å²) in [5.41, 5.74) is 0. The lowest BCUT2D eigenvalue weighted by atomic mass is 9.91. The number of carboxylic acids is 1. The number of hydrogen-bond acceptors (Lipinski definition) is 4. The monoisotopic (exact) mass is 324 g/mol. The Kier molecular flexibility index (Phi) is 8.81. The van der Waals surface area contributed by atoms with Gasteiger partial charge in [-0.1, -0.05) is 31.2 Å². The first-order valence-corrected chi connectivity index (χ1v) is 8.39. The number of hydrogen-bond donors (Lipinski definition) is 3. The van der Waals surface area contributed by atoms with Crippen LogP contribution in [0.2, 0.25) is 0 Å². The Hall–Kier alpha value is -1.46. The lowest BCUT2D eigenvalue weighted by Crippen LogP contribution is -2.18. The fourth-order valence-corrected chi connectivity index (χ4v) is 2.97. The zero-order chi connectivity index (χ0) is 17.2. The van der Waals surface area contributed by atoms with Crippen LogP contribution in [0.15, 0.2) is 24.3 Å². The lowest BCUT2D eigenvalue weighted by Gasteiger charge is -2.16. The van der Waals surface area contributed by atoms with Crippen molar-refractivity contribution in [1.29, 1.82) is 0 Å². The molecular weight excluding hydrogens is 296 g/mol. The average molecular weight is 324 g/mol. The van der Waals surface area contributed by atoms with E-state index in [0.29, 0.717) is 12.8 Å². The molecule has 0 unspecified atom stereocenters. The van der Waals surface area contributed by atoms with Gasteiger partial charge in [0.2, 0.25) is 0 Å². The van der Waals surface area contributed by atoms with Crippen molar-refractivity contribution in [2.75, 3.05) is 0 Å². The van der Waals surface area contributed by atoms with Crippen molar-refractivity contribution in [2.24, 2.45) is 11.8 Å². The minimum absolute atomic E-state index is 0.0433. The van der Waals surface area contributed by atoms with Crippen LogP contribution in [0.4, 0.5) is 0 Å². The summed E-state index contributed by atoms with van der Waals surface area (Å²) in [5.74, 6) is -1.06. The number of aliphatic hydroxyl groups is 2. The van der Waals surface area contributed by atoms with Gasteiger partial charge < -0.3 is 15.3 Å². The van der Waals surface area contributed by atoms with Gasteiger partial charge in [0.15, 0.2) is 0 Å². The second kappa shape index (κ2) is 10.3. The van der Waals surface area contributed by atoms with E-state index in [0.717, 1.165) is 19.3 Å². The Morgan fingerprint density at radius 1 is 1.35 bits per heavy atom. The molecule has 5 nitrogen and oxygen atoms in total. The van der Waals surface area contributed by atoms with Gasteiger partial charge >= 0.3 is 5.97 Å². The third-order valence-electron chi connectivity index (χ3n) is 4.31. The number of allylic oxidation sites excluding steroid dienone is 2. The standard InChI is InChI=1S/C18H28O5/c1-2-14-15(17(21)12-16(14)20)11-10-13(19)8-6-4-3-5-7-9-18(22)23/h4,6,10-11,13-16,19-20H,2-3,5,7-9,12H2,1H3,(H,22,23)/b6-4-,11-10+/t13-,14-,15+,16+/m1/s1. The van der Waals surface area contributed by atoms with Crippen molar-refractivity contribution in [3.63, 3.8) is 0 Å². The summed E-state index contributed by atoms with van der Waals surface area (Å²) in [6.45, 7) is 1.96. The van der Waals surface area contributed by atoms with E-state index in [1.165, 1.54) is 0 Å². The van der Waals surface area contributed by atoms with Crippen LogP contribution in [0.5, 0.6) is 0 Å². The normalized spacial score (nSPS) is 26.4. The molecule has 1 rings (SSSR count). The number of ketones is 1. The molecule has 0 aromatic rings. The number of rotatable bonds is 10. The second-order valence-corrected chi connectivity index (χ2v) is 6.13. The molecule has 0 saturated heterocycles. The van der Waals surface area contributed by atoms with Crippen LogP contribution in [0.25, 0.3) is 0 Å². The third-order valence-corrected chi connectivity index (χ3v) is 4.31. The maximum absolute atomic E-state index is 11.8. The molecule has 0 spiro atoms. The number of Topliss-reactive ketones (excluding diaryl/α,β-unsaturated/α-hetero) is 1. The van der Waals surface area contributed by atoms with E-state index in [2.05, 4.69) is 0 Å². The SMILES string of the molecule is CC[C@@H]1[C@H](/C=C/[C@H](O)C/C=C\CCCCC(=O)O)C(=O)C[C@@H]1O. The van der Waals surface area contributed by atoms with E-state index < -0.39 is 18.2 Å². The van der Waals surface area contributed by atoms with Crippen LogP contribution in [0, 0.1) is 11.8 Å². The summed E-state index contributed by atoms with van der Waals surface area (Å²) < 4.78 is 0. The molecule has 23 heavy (non-hydrogen) atoms. The van der Waals surface area contributed by atoms with Gasteiger partial charge in [-0.25, -0.2) is 0 Å². The van der Waals surface area contributed by atoms with Crippen molar-refractivity contribution < 1.29 is 24.9 Å². The molecule has 130 valence electrons. The number of unbranched alkanes of at least 4 members (excludes halogenated alkanes) is 2. The quantitative estimate of drug-likeness (QED) is 0.424. The maximum atomic E-state index is 11.8. The van der Waals surface area contributed by atoms with Gasteiger partial charge in [0, 0.05) is 18.8 Å². The molecule has 0 radical (unpaired) electrons. The first-order valence-electron chi connectivity index (χ1n) is 8.39. The largest absolute Gasteiger partial charge is 0.481 e. The van der Waals surface area contributed by atoms with Crippen molar-refractivity contribution in [1.82, 2.24) is 0 Å². The highest BCUT2D eigenvalue weighted by molar-refractivity contribution is 5.85. The molecule has 1 fully saturated rings. The molecule has 0 aliphatic heterocycles. The Morgan fingerprint density at radius 3 is 2.74 bits per heavy atom. The molecule has 0 aromatic heterocycles. The first-order chi connectivity index (χ1) is 11.0. The molecular formula is C18H28O5. The van der Waals surface area contributed by atoms with Gasteiger partial charge in [-0.2, -0.15) is 0 Å². The smallest absolute Gasteiger partial charge is 0.303 e. The van der Waals surface area contributed by atoms with E-state index in [1.807, 2.05) is 19.1 Å². The molecule has 0 amide bonds. The topological polar surface area (TPSA) is 94.8 Å². The molecule has 1 aliphatic rings. The van der Waals surface area contributed by atoms with Crippen LogP contribution in [-0.4, -0.2) is 39.3 Å². The minimum atomic E-state index is -0.772. The summed E-state index contributed by atoms with van der Waals surface area (Å²) in [6, 6.07) is 0. The molecule has 1 aliphatic carbocycles. The van der Waals surface area contributed by atoms with Gasteiger partial charge in [-0.05, 0) is 38.0 Å². The van der Waals surface area contributed by atoms with Gasteiger partial charge in [0.1, 0.15) is 5.78 Å². The van der Waals surface area contributed by atoms with Crippen molar-refractivity contribution in [2.45, 2.75) is 64.1 Å². The van der Waals surface area contributed by atoms with E-state index >= 15 is 0 Å². The van der Waals surface area contributed by atoms with E-state index in [4.69, 9.17) is 5.11 Å². The predicted molar refractivity (Wildman–Crippen MR) is 87.9 cm³/mol. The fourth-order valence-electron chi connectivity index (χ4n) is 2.97. The van der Waals surface area contributed by atoms with Crippen molar-refractivity contribution in [3.05, 3.63) is 24.3 Å². The highest BCUT2D eigenvalue weighted by Crippen LogP contribution is 2.32. The Morgan fingerprint density at radius 2 is 2.09 bits per heavy atom. The average Bonchev–Trinajstić information content (AvgIpc) is 2.76. The highest BCUT2D eigenvalue weighted by atomic mass is 16.4. The van der Waals surface area contributed by atoms with Crippen molar-refractivity contribution in [3.8, 4) is 0 Å². The first kappa shape index (κ1) is 19.6. The number of carbonyl (C=O) groups is 2. The van der Waals surface area contributed by atoms with E-state index in [-0.39, 0.29) is 30.5 Å². The highest BCUT2D eigenvalue weighted by Gasteiger charge is 2.38. The molecule has 0 heterocycles. The Bertz CT molecular complexity index is 441. The summed E-state index contributed by atoms with van der Waals surface area (Å²) in [6.07, 6.45) is 9.87. The van der Waals surface area contributed by atoms with Gasteiger partial charge in [-0.15, -0.1) is 0 Å². The lowest BCUT2D eigenvalue weighted by molar-refractivity contribution is -0.137.